The summed E-state index contributed by atoms with van der Waals surface area (Å²) in [5.74, 6) is 0. The van der Waals surface area contributed by atoms with Gasteiger partial charge >= 0.3 is 62.2 Å². The van der Waals surface area contributed by atoms with Crippen LogP contribution in [0.3, 0.4) is 0 Å². The Bertz CT molecular complexity index is 251. The van der Waals surface area contributed by atoms with Crippen LogP contribution in [-0.2, 0) is 0 Å². The van der Waals surface area contributed by atoms with Crippen LogP contribution in [0, 0.1) is 6.92 Å². The summed E-state index contributed by atoms with van der Waals surface area (Å²) in [5, 5.41) is 0. The monoisotopic (exact) mass is 129 g/mol. The number of aryl methyl sites for hydroxylation is 1. The molecule has 0 aliphatic carbocycles. The van der Waals surface area contributed by atoms with E-state index in [1.54, 1.807) is 0 Å². The first-order valence-corrected chi connectivity index (χ1v) is 3.37. The van der Waals surface area contributed by atoms with Crippen LogP contribution in [0.15, 0.2) is 24.3 Å². The molecule has 0 fully saturated rings. The van der Waals surface area contributed by atoms with Gasteiger partial charge in [-0.2, -0.15) is 0 Å². The van der Waals surface area contributed by atoms with Gasteiger partial charge in [-0.15, -0.1) is 0 Å². The number of hydrogen-bond acceptors (Lipinski definition) is 0. The van der Waals surface area contributed by atoms with Gasteiger partial charge < -0.3 is 0 Å². The van der Waals surface area contributed by atoms with E-state index in [0.29, 0.717) is 0 Å². The van der Waals surface area contributed by atoms with Gasteiger partial charge in [-0.3, -0.25) is 0 Å². The van der Waals surface area contributed by atoms with Crippen LogP contribution < -0.4 is 0 Å². The number of rotatable bonds is 1. The van der Waals surface area contributed by atoms with Crippen LogP contribution in [0.4, 0.5) is 0 Å². The van der Waals surface area contributed by atoms with Crippen LogP contribution >= 0.6 is 0 Å². The molecule has 1 heteroatoms. The second-order valence-corrected chi connectivity index (χ2v) is 2.50. The first-order chi connectivity index (χ1) is 4.72. The van der Waals surface area contributed by atoms with Gasteiger partial charge in [-0.25, -0.2) is 0 Å². The molecule has 10 heavy (non-hydrogen) atoms. The molecule has 0 atom stereocenters. The molecule has 0 nitrogen and oxygen atoms in total. The molecule has 0 unspecified atom stereocenters. The fourth-order valence-electron chi connectivity index (χ4n) is 1.02. The fourth-order valence-corrected chi connectivity index (χ4v) is 1.02. The molecule has 49 valence electrons. The molecule has 0 N–H and O–H groups in total. The minimum atomic E-state index is 0.887. The summed E-state index contributed by atoms with van der Waals surface area (Å²) in [6, 6.07) is 8.11. The molecule has 1 rings (SSSR count). The van der Waals surface area contributed by atoms with Gasteiger partial charge in [-0.1, -0.05) is 0 Å². The van der Waals surface area contributed by atoms with E-state index in [2.05, 4.69) is 13.0 Å². The van der Waals surface area contributed by atoms with Crippen molar-refractivity contribution < 1.29 is 0 Å². The van der Waals surface area contributed by atoms with Crippen molar-refractivity contribution in [2.45, 2.75) is 13.8 Å². The van der Waals surface area contributed by atoms with E-state index >= 15 is 0 Å². The van der Waals surface area contributed by atoms with Crippen LogP contribution in [0.1, 0.15) is 18.1 Å². The van der Waals surface area contributed by atoms with E-state index in [0.717, 1.165) is 11.0 Å². The molecule has 1 aromatic carbocycles. The summed E-state index contributed by atoms with van der Waals surface area (Å²) in [7, 11) is 5.63. The third-order valence-electron chi connectivity index (χ3n) is 1.57. The first-order valence-electron chi connectivity index (χ1n) is 3.37. The van der Waals surface area contributed by atoms with E-state index in [4.69, 9.17) is 7.49 Å². The summed E-state index contributed by atoms with van der Waals surface area (Å²) in [6.07, 6.45) is 0. The van der Waals surface area contributed by atoms with Crippen molar-refractivity contribution in [2.24, 2.45) is 0 Å². The zero-order valence-corrected chi connectivity index (χ0v) is 6.39. The molecule has 0 aromatic heterocycles. The van der Waals surface area contributed by atoms with Crippen LogP contribution in [0.5, 0.6) is 0 Å². The minimum absolute atomic E-state index is 0.887. The van der Waals surface area contributed by atoms with Crippen molar-refractivity contribution in [3.63, 3.8) is 0 Å². The van der Waals surface area contributed by atoms with Gasteiger partial charge in [0.05, 0.1) is 0 Å². The SMILES string of the molecule is [B]=C(C)c1ccccc1C. The van der Waals surface area contributed by atoms with E-state index in [1.807, 2.05) is 25.1 Å². The standard InChI is InChI=1S/C9H10B/c1-7-5-3-4-6-9(7)8(2)10/h3-6H,1-2H3. The van der Waals surface area contributed by atoms with Crippen molar-refractivity contribution in [1.29, 1.82) is 0 Å². The van der Waals surface area contributed by atoms with Gasteiger partial charge in [0.25, 0.3) is 0 Å². The maximum absolute atomic E-state index is 5.63. The second-order valence-electron chi connectivity index (χ2n) is 2.50. The molecule has 0 amide bonds. The molecule has 0 aliphatic rings. The van der Waals surface area contributed by atoms with E-state index in [9.17, 15) is 0 Å². The summed E-state index contributed by atoms with van der Waals surface area (Å²) in [4.78, 5) is 0. The summed E-state index contributed by atoms with van der Waals surface area (Å²) in [5.41, 5.74) is 3.28. The Morgan fingerprint density at radius 3 is 2.30 bits per heavy atom. The maximum atomic E-state index is 5.63. The van der Waals surface area contributed by atoms with Crippen LogP contribution in [-0.4, -0.2) is 13.0 Å². The topological polar surface area (TPSA) is 0 Å². The second kappa shape index (κ2) is 2.83. The number of hydrogen-bond donors (Lipinski definition) is 0. The molecule has 0 bridgehead atoms. The van der Waals surface area contributed by atoms with Crippen LogP contribution in [0.25, 0.3) is 0 Å². The van der Waals surface area contributed by atoms with Crippen molar-refractivity contribution in [1.82, 2.24) is 0 Å². The third kappa shape index (κ3) is 1.35. The fraction of sp³-hybridized carbons (Fsp3) is 0.222. The van der Waals surface area contributed by atoms with E-state index in [-0.39, 0.29) is 0 Å². The Morgan fingerprint density at radius 1 is 1.30 bits per heavy atom. The molecule has 0 spiro atoms. The molecular weight excluding hydrogens is 119 g/mol. The first kappa shape index (κ1) is 7.26. The van der Waals surface area contributed by atoms with Crippen molar-refractivity contribution in [3.05, 3.63) is 35.4 Å². The Labute approximate surface area is 63.0 Å². The molecule has 0 saturated heterocycles. The average molecular weight is 129 g/mol. The average Bonchev–Trinajstić information content (AvgIpc) is 1.88. The summed E-state index contributed by atoms with van der Waals surface area (Å²) < 4.78 is 0. The van der Waals surface area contributed by atoms with Crippen molar-refractivity contribution >= 4 is 13.0 Å². The predicted molar refractivity (Wildman–Crippen MR) is 46.7 cm³/mol. The molecular formula is C9H10B. The Balaban J connectivity index is 3.15. The molecule has 0 aliphatic heterocycles. The normalized spacial score (nSPS) is 9.30. The predicted octanol–water partition coefficient (Wildman–Crippen LogP) is 1.70. The molecule has 1 aromatic rings. The quantitative estimate of drug-likeness (QED) is 0.506. The van der Waals surface area contributed by atoms with E-state index in [1.165, 1.54) is 5.56 Å². The molecule has 1 radical (unpaired) electrons. The van der Waals surface area contributed by atoms with Crippen molar-refractivity contribution in [3.8, 4) is 0 Å². The zero-order valence-electron chi connectivity index (χ0n) is 6.39. The van der Waals surface area contributed by atoms with Gasteiger partial charge in [0.2, 0.25) is 0 Å². The Kier molecular flexibility index (Phi) is 2.05. The Morgan fingerprint density at radius 2 is 1.90 bits per heavy atom. The van der Waals surface area contributed by atoms with Gasteiger partial charge in [0, 0.05) is 0 Å². The van der Waals surface area contributed by atoms with E-state index < -0.39 is 0 Å². The zero-order chi connectivity index (χ0) is 7.56. The summed E-state index contributed by atoms with van der Waals surface area (Å²) in [6.45, 7) is 3.98. The Hall–Kier alpha value is -0.845. The van der Waals surface area contributed by atoms with Gasteiger partial charge in [0.15, 0.2) is 0 Å². The van der Waals surface area contributed by atoms with Gasteiger partial charge in [-0.05, 0) is 0 Å². The van der Waals surface area contributed by atoms with Crippen LogP contribution in [0.2, 0.25) is 0 Å². The van der Waals surface area contributed by atoms with Crippen molar-refractivity contribution in [2.75, 3.05) is 0 Å². The summed E-state index contributed by atoms with van der Waals surface area (Å²) >= 11 is 0. The van der Waals surface area contributed by atoms with Gasteiger partial charge in [0.1, 0.15) is 0 Å². The third-order valence-corrected chi connectivity index (χ3v) is 1.57. The number of benzene rings is 1. The molecule has 0 heterocycles. The molecule has 0 saturated carbocycles.